The van der Waals surface area contributed by atoms with Crippen molar-refractivity contribution in [1.82, 2.24) is 10.3 Å². The standard InChI is InChI=1S/C16H20N2O/c1-2-14-15-7-10-18-11-12(15)3-4-16(14)19-13-5-8-17-9-6-13/h3-4,7,10-11,13,17H,2,5-6,8-9H2,1H3. The van der Waals surface area contributed by atoms with E-state index in [9.17, 15) is 0 Å². The molecule has 0 unspecified atom stereocenters. The summed E-state index contributed by atoms with van der Waals surface area (Å²) in [6.07, 6.45) is 7.31. The molecule has 2 aromatic rings. The van der Waals surface area contributed by atoms with Crippen molar-refractivity contribution in [1.29, 1.82) is 0 Å². The third-order valence-electron chi connectivity index (χ3n) is 3.82. The van der Waals surface area contributed by atoms with Crippen LogP contribution in [0.15, 0.2) is 30.6 Å². The fraction of sp³-hybridized carbons (Fsp3) is 0.438. The lowest BCUT2D eigenvalue weighted by Crippen LogP contribution is -2.34. The number of nitrogens with one attached hydrogen (secondary N) is 1. The van der Waals surface area contributed by atoms with Crippen LogP contribution in [0.25, 0.3) is 10.8 Å². The van der Waals surface area contributed by atoms with Crippen LogP contribution in [0.2, 0.25) is 0 Å². The number of aryl methyl sites for hydroxylation is 1. The molecule has 0 radical (unpaired) electrons. The van der Waals surface area contributed by atoms with E-state index in [1.54, 1.807) is 0 Å². The van der Waals surface area contributed by atoms with Gasteiger partial charge in [0.05, 0.1) is 0 Å². The van der Waals surface area contributed by atoms with Crippen LogP contribution in [0.5, 0.6) is 5.75 Å². The Morgan fingerprint density at radius 3 is 2.89 bits per heavy atom. The van der Waals surface area contributed by atoms with Crippen molar-refractivity contribution in [2.75, 3.05) is 13.1 Å². The number of rotatable bonds is 3. The average Bonchev–Trinajstić information content (AvgIpc) is 2.48. The lowest BCUT2D eigenvalue weighted by molar-refractivity contribution is 0.161. The summed E-state index contributed by atoms with van der Waals surface area (Å²) in [6, 6.07) is 6.30. The summed E-state index contributed by atoms with van der Waals surface area (Å²) in [5.41, 5.74) is 1.30. The molecule has 1 saturated heterocycles. The maximum absolute atomic E-state index is 6.23. The van der Waals surface area contributed by atoms with E-state index < -0.39 is 0 Å². The summed E-state index contributed by atoms with van der Waals surface area (Å²) in [5, 5.41) is 5.83. The lowest BCUT2D eigenvalue weighted by atomic mass is 10.0. The Morgan fingerprint density at radius 1 is 1.26 bits per heavy atom. The summed E-state index contributed by atoms with van der Waals surface area (Å²) in [5.74, 6) is 1.05. The minimum Gasteiger partial charge on any atom is -0.490 e. The molecule has 1 aliphatic heterocycles. The molecule has 2 heterocycles. The predicted octanol–water partition coefficient (Wildman–Crippen LogP) is 2.93. The zero-order valence-corrected chi connectivity index (χ0v) is 11.4. The zero-order chi connectivity index (χ0) is 13.1. The predicted molar refractivity (Wildman–Crippen MR) is 77.6 cm³/mol. The highest BCUT2D eigenvalue weighted by Gasteiger charge is 2.16. The molecule has 0 aliphatic carbocycles. The third kappa shape index (κ3) is 2.56. The molecule has 1 N–H and O–H groups in total. The summed E-state index contributed by atoms with van der Waals surface area (Å²) < 4.78 is 6.23. The van der Waals surface area contributed by atoms with Gasteiger partial charge >= 0.3 is 0 Å². The third-order valence-corrected chi connectivity index (χ3v) is 3.82. The maximum Gasteiger partial charge on any atom is 0.123 e. The first kappa shape index (κ1) is 12.4. The molecule has 0 amide bonds. The maximum atomic E-state index is 6.23. The molecular weight excluding hydrogens is 236 g/mol. The van der Waals surface area contributed by atoms with Gasteiger partial charge in [0.1, 0.15) is 11.9 Å². The first-order valence-electron chi connectivity index (χ1n) is 7.11. The number of fused-ring (bicyclic) bond motifs is 1. The van der Waals surface area contributed by atoms with Crippen molar-refractivity contribution in [3.8, 4) is 5.75 Å². The SMILES string of the molecule is CCc1c(OC2CCNCC2)ccc2cnccc12. The number of pyridine rings is 1. The van der Waals surface area contributed by atoms with Crippen molar-refractivity contribution < 1.29 is 4.74 Å². The highest BCUT2D eigenvalue weighted by atomic mass is 16.5. The number of nitrogens with zero attached hydrogens (tertiary/aromatic N) is 1. The van der Waals surface area contributed by atoms with Crippen molar-refractivity contribution in [2.24, 2.45) is 0 Å². The summed E-state index contributed by atoms with van der Waals surface area (Å²) in [7, 11) is 0. The van der Waals surface area contributed by atoms with Gasteiger partial charge in [-0.05, 0) is 55.9 Å². The Morgan fingerprint density at radius 2 is 2.11 bits per heavy atom. The van der Waals surface area contributed by atoms with E-state index in [2.05, 4.69) is 35.4 Å². The summed E-state index contributed by atoms with van der Waals surface area (Å²) in [4.78, 5) is 4.18. The second-order valence-corrected chi connectivity index (χ2v) is 5.06. The molecule has 19 heavy (non-hydrogen) atoms. The second-order valence-electron chi connectivity index (χ2n) is 5.06. The fourth-order valence-electron chi connectivity index (χ4n) is 2.78. The van der Waals surface area contributed by atoms with E-state index in [0.717, 1.165) is 38.1 Å². The van der Waals surface area contributed by atoms with Gasteiger partial charge in [0.2, 0.25) is 0 Å². The van der Waals surface area contributed by atoms with Crippen LogP contribution in [-0.4, -0.2) is 24.2 Å². The van der Waals surface area contributed by atoms with Crippen LogP contribution in [0.1, 0.15) is 25.3 Å². The second kappa shape index (κ2) is 5.57. The van der Waals surface area contributed by atoms with Gasteiger partial charge in [0.15, 0.2) is 0 Å². The number of hydrogen-bond donors (Lipinski definition) is 1. The molecule has 3 rings (SSSR count). The molecular formula is C16H20N2O. The quantitative estimate of drug-likeness (QED) is 0.917. The van der Waals surface area contributed by atoms with Crippen molar-refractivity contribution in [3.05, 3.63) is 36.2 Å². The molecule has 0 saturated carbocycles. The highest BCUT2D eigenvalue weighted by Crippen LogP contribution is 2.29. The van der Waals surface area contributed by atoms with Gasteiger partial charge in [0.25, 0.3) is 0 Å². The van der Waals surface area contributed by atoms with Gasteiger partial charge in [-0.15, -0.1) is 0 Å². The monoisotopic (exact) mass is 256 g/mol. The Kier molecular flexibility index (Phi) is 3.65. The normalized spacial score (nSPS) is 16.7. The van der Waals surface area contributed by atoms with E-state index in [1.807, 2.05) is 12.4 Å². The van der Waals surface area contributed by atoms with Gasteiger partial charge in [-0.2, -0.15) is 0 Å². The lowest BCUT2D eigenvalue weighted by Gasteiger charge is -2.25. The highest BCUT2D eigenvalue weighted by molar-refractivity contribution is 5.86. The molecule has 0 bridgehead atoms. The Bertz CT molecular complexity index is 562. The van der Waals surface area contributed by atoms with E-state index in [0.29, 0.717) is 6.10 Å². The molecule has 1 fully saturated rings. The van der Waals surface area contributed by atoms with Crippen molar-refractivity contribution in [2.45, 2.75) is 32.3 Å². The van der Waals surface area contributed by atoms with Crippen LogP contribution < -0.4 is 10.1 Å². The Balaban J connectivity index is 1.93. The largest absolute Gasteiger partial charge is 0.490 e. The van der Waals surface area contributed by atoms with E-state index >= 15 is 0 Å². The van der Waals surface area contributed by atoms with Crippen molar-refractivity contribution in [3.63, 3.8) is 0 Å². The minimum atomic E-state index is 0.353. The molecule has 1 aliphatic rings. The summed E-state index contributed by atoms with van der Waals surface area (Å²) in [6.45, 7) is 4.30. The van der Waals surface area contributed by atoms with E-state index in [4.69, 9.17) is 4.74 Å². The van der Waals surface area contributed by atoms with Crippen LogP contribution >= 0.6 is 0 Å². The molecule has 0 spiro atoms. The molecule has 0 atom stereocenters. The first-order valence-corrected chi connectivity index (χ1v) is 7.11. The van der Waals surface area contributed by atoms with Gasteiger partial charge in [-0.25, -0.2) is 0 Å². The molecule has 100 valence electrons. The van der Waals surface area contributed by atoms with Crippen LogP contribution in [-0.2, 0) is 6.42 Å². The Labute approximate surface area is 114 Å². The topological polar surface area (TPSA) is 34.1 Å². The van der Waals surface area contributed by atoms with Crippen LogP contribution in [0.4, 0.5) is 0 Å². The van der Waals surface area contributed by atoms with Crippen molar-refractivity contribution >= 4 is 10.8 Å². The molecule has 1 aromatic heterocycles. The molecule has 3 heteroatoms. The van der Waals surface area contributed by atoms with E-state index in [-0.39, 0.29) is 0 Å². The van der Waals surface area contributed by atoms with Gasteiger partial charge < -0.3 is 10.1 Å². The number of hydrogen-bond acceptors (Lipinski definition) is 3. The number of piperidine rings is 1. The number of ether oxygens (including phenoxy) is 1. The van der Waals surface area contributed by atoms with Gasteiger partial charge in [0, 0.05) is 23.3 Å². The molecule has 1 aromatic carbocycles. The smallest absolute Gasteiger partial charge is 0.123 e. The first-order chi connectivity index (χ1) is 9.38. The van der Waals surface area contributed by atoms with Crippen LogP contribution in [0, 0.1) is 0 Å². The zero-order valence-electron chi connectivity index (χ0n) is 11.4. The van der Waals surface area contributed by atoms with E-state index in [1.165, 1.54) is 16.3 Å². The Hall–Kier alpha value is -1.61. The van der Waals surface area contributed by atoms with Crippen LogP contribution in [0.3, 0.4) is 0 Å². The average molecular weight is 256 g/mol. The minimum absolute atomic E-state index is 0.353. The van der Waals surface area contributed by atoms with Gasteiger partial charge in [-0.1, -0.05) is 6.92 Å². The number of aromatic nitrogens is 1. The molecule has 3 nitrogen and oxygen atoms in total. The fourth-order valence-corrected chi connectivity index (χ4v) is 2.78. The summed E-state index contributed by atoms with van der Waals surface area (Å²) >= 11 is 0. The number of benzene rings is 1. The van der Waals surface area contributed by atoms with Gasteiger partial charge in [-0.3, -0.25) is 4.98 Å².